The molecule has 4 nitrogen and oxygen atoms in total. The number of methoxy groups -OCH3 is 1. The average Bonchev–Trinajstić information content (AvgIpc) is 1.90. The Labute approximate surface area is 60.4 Å². The summed E-state index contributed by atoms with van der Waals surface area (Å²) in [7, 11) is 1.43. The third-order valence-corrected chi connectivity index (χ3v) is 0.935. The average molecular weight is 150 g/mol. The molecule has 0 heterocycles. The molecule has 0 aliphatic heterocycles. The monoisotopic (exact) mass is 150 g/mol. The molecule has 0 amide bonds. The van der Waals surface area contributed by atoms with Gasteiger partial charge >= 0.3 is 0 Å². The van der Waals surface area contributed by atoms with Crippen molar-refractivity contribution in [2.24, 2.45) is 0 Å². The van der Waals surface area contributed by atoms with Gasteiger partial charge < -0.3 is 19.7 Å². The fourth-order valence-electron chi connectivity index (χ4n) is 0.442. The molecule has 2 N–H and O–H groups in total. The van der Waals surface area contributed by atoms with Gasteiger partial charge in [0.05, 0.1) is 19.3 Å². The molecule has 0 aliphatic rings. The number of aliphatic hydroxyl groups excluding tert-OH is 2. The quantitative estimate of drug-likeness (QED) is 0.511. The zero-order valence-electron chi connectivity index (χ0n) is 6.28. The van der Waals surface area contributed by atoms with Crippen LogP contribution in [0.1, 0.15) is 6.92 Å². The summed E-state index contributed by atoms with van der Waals surface area (Å²) in [5.74, 6) is 0. The van der Waals surface area contributed by atoms with Crippen molar-refractivity contribution in [1.29, 1.82) is 0 Å². The number of hydrogen-bond donors (Lipinski definition) is 2. The summed E-state index contributed by atoms with van der Waals surface area (Å²) in [5, 5.41) is 17.2. The van der Waals surface area contributed by atoms with E-state index < -0.39 is 12.4 Å². The van der Waals surface area contributed by atoms with Crippen molar-refractivity contribution in [1.82, 2.24) is 0 Å². The van der Waals surface area contributed by atoms with E-state index in [0.29, 0.717) is 0 Å². The fourth-order valence-corrected chi connectivity index (χ4v) is 0.442. The summed E-state index contributed by atoms with van der Waals surface area (Å²) >= 11 is 0. The van der Waals surface area contributed by atoms with E-state index >= 15 is 0 Å². The molecule has 0 spiro atoms. The van der Waals surface area contributed by atoms with Gasteiger partial charge in [-0.15, -0.1) is 0 Å². The van der Waals surface area contributed by atoms with Crippen molar-refractivity contribution in [3.8, 4) is 0 Å². The molecule has 0 fully saturated rings. The van der Waals surface area contributed by atoms with E-state index in [1.54, 1.807) is 6.92 Å². The lowest BCUT2D eigenvalue weighted by molar-refractivity contribution is -0.158. The maximum atomic E-state index is 8.73. The molecule has 10 heavy (non-hydrogen) atoms. The Morgan fingerprint density at radius 3 is 2.40 bits per heavy atom. The van der Waals surface area contributed by atoms with Gasteiger partial charge in [0, 0.05) is 7.11 Å². The molecule has 2 unspecified atom stereocenters. The summed E-state index contributed by atoms with van der Waals surface area (Å²) in [6, 6.07) is 0. The Morgan fingerprint density at radius 2 is 2.10 bits per heavy atom. The zero-order chi connectivity index (χ0) is 7.98. The van der Waals surface area contributed by atoms with E-state index in [1.807, 2.05) is 0 Å². The summed E-state index contributed by atoms with van der Waals surface area (Å²) in [6.45, 7) is 1.59. The second-order valence-corrected chi connectivity index (χ2v) is 2.03. The first-order chi connectivity index (χ1) is 4.70. The smallest absolute Gasteiger partial charge is 0.180 e. The SMILES string of the molecule is COC(CO)OCC(C)O. The van der Waals surface area contributed by atoms with Gasteiger partial charge in [-0.25, -0.2) is 0 Å². The number of hydrogen-bond acceptors (Lipinski definition) is 4. The van der Waals surface area contributed by atoms with E-state index in [0.717, 1.165) is 0 Å². The van der Waals surface area contributed by atoms with Crippen LogP contribution in [0.2, 0.25) is 0 Å². The molecule has 4 heteroatoms. The maximum absolute atomic E-state index is 8.73. The minimum Gasteiger partial charge on any atom is -0.391 e. The standard InChI is InChI=1S/C6H14O4/c1-5(8)4-10-6(3-7)9-2/h5-8H,3-4H2,1-2H3. The predicted molar refractivity (Wildman–Crippen MR) is 35.5 cm³/mol. The van der Waals surface area contributed by atoms with E-state index in [4.69, 9.17) is 14.9 Å². The zero-order valence-corrected chi connectivity index (χ0v) is 6.28. The molecule has 62 valence electrons. The Balaban J connectivity index is 3.26. The topological polar surface area (TPSA) is 58.9 Å². The third-order valence-electron chi connectivity index (χ3n) is 0.935. The van der Waals surface area contributed by atoms with Crippen LogP contribution in [0.3, 0.4) is 0 Å². The van der Waals surface area contributed by atoms with Gasteiger partial charge in [-0.1, -0.05) is 0 Å². The lowest BCUT2D eigenvalue weighted by Crippen LogP contribution is -2.24. The van der Waals surface area contributed by atoms with Crippen LogP contribution < -0.4 is 0 Å². The van der Waals surface area contributed by atoms with Crippen LogP contribution >= 0.6 is 0 Å². The molecular formula is C6H14O4. The van der Waals surface area contributed by atoms with E-state index in [1.165, 1.54) is 7.11 Å². The van der Waals surface area contributed by atoms with Gasteiger partial charge in [-0.05, 0) is 6.92 Å². The van der Waals surface area contributed by atoms with Gasteiger partial charge in [0.15, 0.2) is 6.29 Å². The lowest BCUT2D eigenvalue weighted by Gasteiger charge is -2.13. The molecule has 0 aliphatic carbocycles. The minimum absolute atomic E-state index is 0.180. The lowest BCUT2D eigenvalue weighted by atomic mass is 10.4. The minimum atomic E-state index is -0.616. The molecule has 0 rings (SSSR count). The Kier molecular flexibility index (Phi) is 5.52. The molecule has 0 radical (unpaired) electrons. The van der Waals surface area contributed by atoms with E-state index in [-0.39, 0.29) is 13.2 Å². The van der Waals surface area contributed by atoms with Gasteiger partial charge in [0.2, 0.25) is 0 Å². The van der Waals surface area contributed by atoms with Crippen molar-refractivity contribution in [2.45, 2.75) is 19.3 Å². The van der Waals surface area contributed by atoms with Crippen molar-refractivity contribution in [3.63, 3.8) is 0 Å². The third kappa shape index (κ3) is 4.69. The Morgan fingerprint density at radius 1 is 1.50 bits per heavy atom. The van der Waals surface area contributed by atoms with Crippen LogP contribution in [-0.4, -0.2) is 42.9 Å². The first-order valence-corrected chi connectivity index (χ1v) is 3.14. The predicted octanol–water partition coefficient (Wildman–Crippen LogP) is -0.651. The highest BCUT2D eigenvalue weighted by atomic mass is 16.7. The molecule has 0 aromatic rings. The van der Waals surface area contributed by atoms with Gasteiger partial charge in [0.25, 0.3) is 0 Å². The Hall–Kier alpha value is -0.160. The first-order valence-electron chi connectivity index (χ1n) is 3.14. The summed E-state index contributed by atoms with van der Waals surface area (Å²) in [4.78, 5) is 0. The molecule has 2 atom stereocenters. The molecule has 0 bridgehead atoms. The summed E-state index contributed by atoms with van der Waals surface area (Å²) < 4.78 is 9.55. The van der Waals surface area contributed by atoms with Crippen molar-refractivity contribution < 1.29 is 19.7 Å². The normalized spacial score (nSPS) is 16.8. The highest BCUT2D eigenvalue weighted by molar-refractivity contribution is 4.44. The second kappa shape index (κ2) is 5.61. The fraction of sp³-hybridized carbons (Fsp3) is 1.00. The summed E-state index contributed by atoms with van der Waals surface area (Å²) in [6.07, 6.45) is -1.14. The molecular weight excluding hydrogens is 136 g/mol. The highest BCUT2D eigenvalue weighted by Gasteiger charge is 2.05. The number of ether oxygens (including phenoxy) is 2. The van der Waals surface area contributed by atoms with Gasteiger partial charge in [-0.2, -0.15) is 0 Å². The van der Waals surface area contributed by atoms with Crippen molar-refractivity contribution in [3.05, 3.63) is 0 Å². The van der Waals surface area contributed by atoms with E-state index in [9.17, 15) is 0 Å². The highest BCUT2D eigenvalue weighted by Crippen LogP contribution is 1.92. The molecule has 0 aromatic heterocycles. The molecule has 0 aromatic carbocycles. The summed E-state index contributed by atoms with van der Waals surface area (Å²) in [5.41, 5.74) is 0. The van der Waals surface area contributed by atoms with Crippen LogP contribution in [-0.2, 0) is 9.47 Å². The van der Waals surface area contributed by atoms with Crippen LogP contribution in [0.25, 0.3) is 0 Å². The van der Waals surface area contributed by atoms with Crippen LogP contribution in [0, 0.1) is 0 Å². The maximum Gasteiger partial charge on any atom is 0.180 e. The van der Waals surface area contributed by atoms with Gasteiger partial charge in [0.1, 0.15) is 0 Å². The van der Waals surface area contributed by atoms with Crippen LogP contribution in [0.4, 0.5) is 0 Å². The second-order valence-electron chi connectivity index (χ2n) is 2.03. The van der Waals surface area contributed by atoms with Crippen LogP contribution in [0.15, 0.2) is 0 Å². The van der Waals surface area contributed by atoms with E-state index in [2.05, 4.69) is 4.74 Å². The van der Waals surface area contributed by atoms with Crippen LogP contribution in [0.5, 0.6) is 0 Å². The number of rotatable bonds is 5. The first kappa shape index (κ1) is 9.84. The number of aliphatic hydroxyl groups is 2. The largest absolute Gasteiger partial charge is 0.391 e. The molecule has 0 saturated carbocycles. The molecule has 0 saturated heterocycles. The van der Waals surface area contributed by atoms with Gasteiger partial charge in [-0.3, -0.25) is 0 Å². The van der Waals surface area contributed by atoms with Crippen molar-refractivity contribution in [2.75, 3.05) is 20.3 Å². The van der Waals surface area contributed by atoms with Crippen molar-refractivity contribution >= 4 is 0 Å². The Bertz CT molecular complexity index is 70.1.